The first-order valence-corrected chi connectivity index (χ1v) is 6.99. The van der Waals surface area contributed by atoms with Gasteiger partial charge in [-0.15, -0.1) is 0 Å². The summed E-state index contributed by atoms with van der Waals surface area (Å²) in [6, 6.07) is 17.7. The zero-order chi connectivity index (χ0) is 12.1. The average Bonchev–Trinajstić information content (AvgIpc) is 2.40. The lowest BCUT2D eigenvalue weighted by Gasteiger charge is -2.04. The van der Waals surface area contributed by atoms with Crippen LogP contribution in [0.5, 0.6) is 0 Å². The number of benzene rings is 2. The summed E-state index contributed by atoms with van der Waals surface area (Å²) in [5.41, 5.74) is 2.80. The minimum Gasteiger partial charge on any atom is -0.0901 e. The maximum Gasteiger partial charge on any atom is 0.0122 e. The molecule has 0 unspecified atom stereocenters. The highest BCUT2D eigenvalue weighted by Crippen LogP contribution is 2.28. The van der Waals surface area contributed by atoms with Crippen molar-refractivity contribution in [3.05, 3.63) is 59.7 Å². The highest BCUT2D eigenvalue weighted by atomic mass is 32.2. The monoisotopic (exact) mass is 242 g/mol. The van der Waals surface area contributed by atoms with Crippen LogP contribution < -0.4 is 0 Å². The lowest BCUT2D eigenvalue weighted by molar-refractivity contribution is 1.13. The summed E-state index contributed by atoms with van der Waals surface area (Å²) in [6.45, 7) is 4.37. The van der Waals surface area contributed by atoms with E-state index in [1.165, 1.54) is 20.9 Å². The van der Waals surface area contributed by atoms with Crippen molar-refractivity contribution in [3.63, 3.8) is 0 Å². The van der Waals surface area contributed by atoms with Crippen molar-refractivity contribution in [2.75, 3.05) is 0 Å². The molecule has 0 saturated heterocycles. The fourth-order valence-corrected chi connectivity index (χ4v) is 2.54. The second-order valence-corrected chi connectivity index (χ2v) is 5.24. The Morgan fingerprint density at radius 3 is 1.29 bits per heavy atom. The number of hydrogen-bond acceptors (Lipinski definition) is 1. The first kappa shape index (κ1) is 12.3. The van der Waals surface area contributed by atoms with Crippen LogP contribution in [0.4, 0.5) is 0 Å². The molecule has 1 heteroatoms. The van der Waals surface area contributed by atoms with Gasteiger partial charge in [0.15, 0.2) is 0 Å². The van der Waals surface area contributed by atoms with E-state index in [0.29, 0.717) is 0 Å². The Morgan fingerprint density at radius 1 is 0.647 bits per heavy atom. The van der Waals surface area contributed by atoms with Gasteiger partial charge in [-0.1, -0.05) is 49.9 Å². The second kappa shape index (κ2) is 5.92. The number of aryl methyl sites for hydroxylation is 2. The van der Waals surface area contributed by atoms with Crippen molar-refractivity contribution in [2.45, 2.75) is 36.5 Å². The third kappa shape index (κ3) is 3.37. The van der Waals surface area contributed by atoms with E-state index in [0.717, 1.165) is 12.8 Å². The minimum absolute atomic E-state index is 1.11. The summed E-state index contributed by atoms with van der Waals surface area (Å²) in [7, 11) is 0. The topological polar surface area (TPSA) is 0 Å². The fraction of sp³-hybridized carbons (Fsp3) is 0.250. The van der Waals surface area contributed by atoms with Crippen molar-refractivity contribution in [1.82, 2.24) is 0 Å². The third-order valence-electron chi connectivity index (χ3n) is 2.90. The summed E-state index contributed by atoms with van der Waals surface area (Å²) in [5, 5.41) is 0. The highest BCUT2D eigenvalue weighted by Gasteiger charge is 1.97. The van der Waals surface area contributed by atoms with Crippen LogP contribution in [0.3, 0.4) is 0 Å². The van der Waals surface area contributed by atoms with Crippen molar-refractivity contribution in [2.24, 2.45) is 0 Å². The molecule has 0 aliphatic heterocycles. The van der Waals surface area contributed by atoms with Crippen LogP contribution in [0.1, 0.15) is 25.0 Å². The summed E-state index contributed by atoms with van der Waals surface area (Å²) in [5.74, 6) is 0. The first-order valence-electron chi connectivity index (χ1n) is 6.17. The summed E-state index contributed by atoms with van der Waals surface area (Å²) >= 11 is 1.83. The molecule has 0 bridgehead atoms. The average molecular weight is 242 g/mol. The van der Waals surface area contributed by atoms with Crippen molar-refractivity contribution < 1.29 is 0 Å². The van der Waals surface area contributed by atoms with Gasteiger partial charge >= 0.3 is 0 Å². The van der Waals surface area contributed by atoms with Crippen LogP contribution >= 0.6 is 11.8 Å². The molecule has 0 amide bonds. The molecule has 0 saturated carbocycles. The zero-order valence-corrected chi connectivity index (χ0v) is 11.3. The van der Waals surface area contributed by atoms with Crippen LogP contribution in [-0.4, -0.2) is 0 Å². The number of rotatable bonds is 4. The van der Waals surface area contributed by atoms with Crippen LogP contribution in [0, 0.1) is 0 Å². The molecule has 88 valence electrons. The molecule has 0 radical (unpaired) electrons. The van der Waals surface area contributed by atoms with Crippen LogP contribution in [-0.2, 0) is 12.8 Å². The molecule has 0 aliphatic carbocycles. The summed E-state index contributed by atoms with van der Waals surface area (Å²) in [6.07, 6.45) is 2.21. The molecule has 0 aromatic heterocycles. The quantitative estimate of drug-likeness (QED) is 0.730. The van der Waals surface area contributed by atoms with E-state index >= 15 is 0 Å². The predicted octanol–water partition coefficient (Wildman–Crippen LogP) is 4.96. The van der Waals surface area contributed by atoms with E-state index < -0.39 is 0 Å². The van der Waals surface area contributed by atoms with Gasteiger partial charge in [0.2, 0.25) is 0 Å². The van der Waals surface area contributed by atoms with Gasteiger partial charge in [-0.3, -0.25) is 0 Å². The summed E-state index contributed by atoms with van der Waals surface area (Å²) < 4.78 is 0. The molecule has 17 heavy (non-hydrogen) atoms. The second-order valence-electron chi connectivity index (χ2n) is 4.10. The van der Waals surface area contributed by atoms with Crippen molar-refractivity contribution in [3.8, 4) is 0 Å². The predicted molar refractivity (Wildman–Crippen MR) is 75.8 cm³/mol. The number of hydrogen-bond donors (Lipinski definition) is 0. The van der Waals surface area contributed by atoms with Gasteiger partial charge < -0.3 is 0 Å². The molecule has 2 aromatic rings. The Morgan fingerprint density at radius 2 is 1.00 bits per heavy atom. The molecule has 0 heterocycles. The van der Waals surface area contributed by atoms with E-state index in [1.54, 1.807) is 0 Å². The maximum atomic E-state index is 2.21. The molecule has 0 spiro atoms. The lowest BCUT2D eigenvalue weighted by Crippen LogP contribution is -1.81. The van der Waals surface area contributed by atoms with Gasteiger partial charge in [0.05, 0.1) is 0 Å². The Labute approximate surface area is 108 Å². The lowest BCUT2D eigenvalue weighted by atomic mass is 10.2. The van der Waals surface area contributed by atoms with Gasteiger partial charge in [-0.05, 0) is 48.2 Å². The van der Waals surface area contributed by atoms with E-state index in [9.17, 15) is 0 Å². The zero-order valence-electron chi connectivity index (χ0n) is 10.4. The van der Waals surface area contributed by atoms with E-state index in [2.05, 4.69) is 62.4 Å². The molecule has 0 N–H and O–H groups in total. The first-order chi connectivity index (χ1) is 8.31. The van der Waals surface area contributed by atoms with Crippen molar-refractivity contribution in [1.29, 1.82) is 0 Å². The molecular weight excluding hydrogens is 224 g/mol. The summed E-state index contributed by atoms with van der Waals surface area (Å²) in [4.78, 5) is 2.62. The van der Waals surface area contributed by atoms with E-state index in [4.69, 9.17) is 0 Å². The molecule has 0 nitrogen and oxygen atoms in total. The standard InChI is InChI=1S/C16H18S/c1-3-13-5-9-15(10-6-13)17-16-11-7-14(4-2)8-12-16/h5-12H,3-4H2,1-2H3. The van der Waals surface area contributed by atoms with Crippen LogP contribution in [0.15, 0.2) is 58.3 Å². The van der Waals surface area contributed by atoms with Gasteiger partial charge in [-0.25, -0.2) is 0 Å². The van der Waals surface area contributed by atoms with E-state index in [-0.39, 0.29) is 0 Å². The normalized spacial score (nSPS) is 10.5. The van der Waals surface area contributed by atoms with Gasteiger partial charge in [-0.2, -0.15) is 0 Å². The van der Waals surface area contributed by atoms with Crippen LogP contribution in [0.2, 0.25) is 0 Å². The van der Waals surface area contributed by atoms with Gasteiger partial charge in [0, 0.05) is 9.79 Å². The Bertz CT molecular complexity index is 408. The van der Waals surface area contributed by atoms with Crippen molar-refractivity contribution >= 4 is 11.8 Å². The smallest absolute Gasteiger partial charge is 0.0122 e. The third-order valence-corrected chi connectivity index (χ3v) is 3.91. The molecule has 2 rings (SSSR count). The molecular formula is C16H18S. The highest BCUT2D eigenvalue weighted by molar-refractivity contribution is 7.99. The van der Waals surface area contributed by atoms with Gasteiger partial charge in [0.1, 0.15) is 0 Å². The minimum atomic E-state index is 1.11. The largest absolute Gasteiger partial charge is 0.0901 e. The van der Waals surface area contributed by atoms with Crippen LogP contribution in [0.25, 0.3) is 0 Å². The Kier molecular flexibility index (Phi) is 4.27. The molecule has 2 aromatic carbocycles. The van der Waals surface area contributed by atoms with Gasteiger partial charge in [0.25, 0.3) is 0 Å². The SMILES string of the molecule is CCc1ccc(Sc2ccc(CC)cc2)cc1. The Hall–Kier alpha value is -1.21. The maximum absolute atomic E-state index is 2.21. The Balaban J connectivity index is 2.08. The molecule has 0 fully saturated rings. The van der Waals surface area contributed by atoms with E-state index in [1.807, 2.05) is 11.8 Å². The fourth-order valence-electron chi connectivity index (χ4n) is 1.72. The molecule has 0 atom stereocenters. The molecule has 0 aliphatic rings.